The molecule has 0 radical (unpaired) electrons. The van der Waals surface area contributed by atoms with Gasteiger partial charge in [0.05, 0.1) is 10.0 Å². The number of dihydropyridines is 1. The number of carbonyl (C=O) groups excluding carboxylic acids is 1. The molecule has 118 valence electrons. The first-order valence-electron chi connectivity index (χ1n) is 6.86. The number of nitrogens with one attached hydrogen (secondary N) is 2. The predicted molar refractivity (Wildman–Crippen MR) is 93.8 cm³/mol. The maximum atomic E-state index is 12.1. The van der Waals surface area contributed by atoms with Gasteiger partial charge < -0.3 is 5.32 Å². The maximum Gasteiger partial charge on any atom is 0.324 e. The molecular formula is C15H13Cl2N5O. The molecule has 0 aromatic heterocycles. The number of aliphatic imine (C=N–C) groups is 1. The van der Waals surface area contributed by atoms with Gasteiger partial charge in [-0.05, 0) is 38.1 Å². The fourth-order valence-electron chi connectivity index (χ4n) is 2.42. The van der Waals surface area contributed by atoms with E-state index in [2.05, 4.69) is 25.8 Å². The van der Waals surface area contributed by atoms with Gasteiger partial charge in [0.1, 0.15) is 11.8 Å². The van der Waals surface area contributed by atoms with Gasteiger partial charge in [0.2, 0.25) is 0 Å². The molecule has 2 heterocycles. The van der Waals surface area contributed by atoms with Gasteiger partial charge in [-0.15, -0.1) is 10.2 Å². The van der Waals surface area contributed by atoms with E-state index in [0.29, 0.717) is 27.4 Å². The summed E-state index contributed by atoms with van der Waals surface area (Å²) in [5, 5.41) is 14.2. The van der Waals surface area contributed by atoms with Crippen LogP contribution in [-0.4, -0.2) is 23.4 Å². The van der Waals surface area contributed by atoms with Crippen molar-refractivity contribution in [2.45, 2.75) is 13.8 Å². The highest BCUT2D eigenvalue weighted by molar-refractivity contribution is 6.42. The van der Waals surface area contributed by atoms with E-state index in [-0.39, 0.29) is 5.92 Å². The second-order valence-electron chi connectivity index (χ2n) is 5.23. The zero-order valence-electron chi connectivity index (χ0n) is 12.4. The minimum atomic E-state index is -0.433. The third kappa shape index (κ3) is 3.28. The summed E-state index contributed by atoms with van der Waals surface area (Å²) < 4.78 is 0. The molecule has 0 aliphatic carbocycles. The summed E-state index contributed by atoms with van der Waals surface area (Å²) in [5.41, 5.74) is 2.43. The molecule has 2 N–H and O–H groups in total. The van der Waals surface area contributed by atoms with E-state index in [0.717, 1.165) is 11.3 Å². The average Bonchev–Trinajstić information content (AvgIpc) is 2.85. The number of anilines is 1. The van der Waals surface area contributed by atoms with Crippen molar-refractivity contribution in [3.63, 3.8) is 0 Å². The van der Waals surface area contributed by atoms with Gasteiger partial charge in [0.25, 0.3) is 0 Å². The van der Waals surface area contributed by atoms with Crippen LogP contribution in [0.2, 0.25) is 10.0 Å². The number of carbonyl (C=O) groups is 1. The molecule has 2 amide bonds. The monoisotopic (exact) mass is 349 g/mol. The molecule has 0 fully saturated rings. The third-order valence-corrected chi connectivity index (χ3v) is 4.13. The van der Waals surface area contributed by atoms with Gasteiger partial charge >= 0.3 is 6.03 Å². The molecule has 2 aliphatic rings. The summed E-state index contributed by atoms with van der Waals surface area (Å²) in [5.74, 6) is 0.827. The van der Waals surface area contributed by atoms with Crippen LogP contribution in [0.5, 0.6) is 0 Å². The SMILES string of the molecule is CC1=CC(C)=NC2=NN=C(NC(=O)Nc3ccc(Cl)c(Cl)c3)[C@H]12. The maximum absolute atomic E-state index is 12.1. The van der Waals surface area contributed by atoms with Crippen LogP contribution in [0.3, 0.4) is 0 Å². The van der Waals surface area contributed by atoms with Gasteiger partial charge in [0, 0.05) is 11.4 Å². The first-order valence-corrected chi connectivity index (χ1v) is 7.61. The highest BCUT2D eigenvalue weighted by atomic mass is 35.5. The van der Waals surface area contributed by atoms with Crippen LogP contribution in [0.15, 0.2) is 45.0 Å². The molecule has 0 bridgehead atoms. The number of amidine groups is 2. The molecule has 1 atom stereocenters. The van der Waals surface area contributed by atoms with Crippen LogP contribution < -0.4 is 10.6 Å². The van der Waals surface area contributed by atoms with Crippen LogP contribution in [-0.2, 0) is 0 Å². The summed E-state index contributed by atoms with van der Waals surface area (Å²) >= 11 is 11.8. The second-order valence-corrected chi connectivity index (χ2v) is 6.04. The van der Waals surface area contributed by atoms with Crippen LogP contribution in [0.25, 0.3) is 0 Å². The molecule has 23 heavy (non-hydrogen) atoms. The third-order valence-electron chi connectivity index (χ3n) is 3.39. The molecule has 3 rings (SSSR count). The Morgan fingerprint density at radius 3 is 2.65 bits per heavy atom. The number of benzene rings is 1. The van der Waals surface area contributed by atoms with E-state index < -0.39 is 6.03 Å². The van der Waals surface area contributed by atoms with Gasteiger partial charge in [0.15, 0.2) is 5.84 Å². The molecular weight excluding hydrogens is 337 g/mol. The minimum absolute atomic E-state index is 0.210. The van der Waals surface area contributed by atoms with Crippen LogP contribution in [0.1, 0.15) is 13.8 Å². The van der Waals surface area contributed by atoms with Crippen molar-refractivity contribution in [1.29, 1.82) is 0 Å². The molecule has 0 saturated heterocycles. The number of rotatable bonds is 1. The number of amides is 2. The summed E-state index contributed by atoms with van der Waals surface area (Å²) in [7, 11) is 0. The number of hydrogen-bond acceptors (Lipinski definition) is 4. The Morgan fingerprint density at radius 2 is 1.91 bits per heavy atom. The van der Waals surface area contributed by atoms with Crippen molar-refractivity contribution >= 4 is 52.3 Å². The normalized spacial score (nSPS) is 19.2. The highest BCUT2D eigenvalue weighted by Crippen LogP contribution is 2.26. The number of urea groups is 1. The fraction of sp³-hybridized carbons (Fsp3) is 0.200. The van der Waals surface area contributed by atoms with Crippen LogP contribution in [0.4, 0.5) is 10.5 Å². The number of allylic oxidation sites excluding steroid dienone is 1. The van der Waals surface area contributed by atoms with Crippen LogP contribution >= 0.6 is 23.2 Å². The zero-order chi connectivity index (χ0) is 16.6. The highest BCUT2D eigenvalue weighted by Gasteiger charge is 2.32. The van der Waals surface area contributed by atoms with Crippen molar-refractivity contribution in [2.75, 3.05) is 5.32 Å². The number of halogens is 2. The predicted octanol–water partition coefficient (Wildman–Crippen LogP) is 3.88. The smallest absolute Gasteiger partial charge is 0.308 e. The molecule has 8 heteroatoms. The van der Waals surface area contributed by atoms with E-state index in [1.165, 1.54) is 0 Å². The van der Waals surface area contributed by atoms with E-state index in [1.54, 1.807) is 18.2 Å². The number of hydrogen-bond donors (Lipinski definition) is 2. The molecule has 0 saturated carbocycles. The lowest BCUT2D eigenvalue weighted by atomic mass is 9.95. The fourth-order valence-corrected chi connectivity index (χ4v) is 2.72. The van der Waals surface area contributed by atoms with E-state index in [1.807, 2.05) is 19.9 Å². The average molecular weight is 350 g/mol. The Morgan fingerprint density at radius 1 is 1.13 bits per heavy atom. The summed E-state index contributed by atoms with van der Waals surface area (Å²) in [6, 6.07) is 4.41. The zero-order valence-corrected chi connectivity index (χ0v) is 13.9. The molecule has 6 nitrogen and oxygen atoms in total. The second kappa shape index (κ2) is 6.14. The lowest BCUT2D eigenvalue weighted by Crippen LogP contribution is -2.40. The Labute approximate surface area is 143 Å². The first kappa shape index (κ1) is 15.7. The van der Waals surface area contributed by atoms with E-state index >= 15 is 0 Å². The van der Waals surface area contributed by atoms with E-state index in [9.17, 15) is 4.79 Å². The first-order chi connectivity index (χ1) is 10.9. The number of nitrogens with zero attached hydrogens (tertiary/aromatic N) is 3. The van der Waals surface area contributed by atoms with Gasteiger partial charge in [-0.3, -0.25) is 5.32 Å². The molecule has 2 aliphatic heterocycles. The molecule has 1 aromatic rings. The van der Waals surface area contributed by atoms with E-state index in [4.69, 9.17) is 23.2 Å². The summed E-state index contributed by atoms with van der Waals surface area (Å²) in [4.78, 5) is 16.5. The van der Waals surface area contributed by atoms with Gasteiger partial charge in [-0.25, -0.2) is 9.79 Å². The topological polar surface area (TPSA) is 78.2 Å². The summed E-state index contributed by atoms with van der Waals surface area (Å²) in [6.07, 6.45) is 1.95. The number of fused-ring (bicyclic) bond motifs is 1. The lowest BCUT2D eigenvalue weighted by molar-refractivity contribution is 0.256. The van der Waals surface area contributed by atoms with Crippen molar-refractivity contribution < 1.29 is 4.79 Å². The largest absolute Gasteiger partial charge is 0.324 e. The standard InChI is InChI=1S/C15H13Cl2N5O/c1-7-5-8(2)18-13-12(7)14(22-21-13)20-15(23)19-9-3-4-10(16)11(17)6-9/h3-6,12H,1-2H3,(H2,19,20,22,23)/t12-/m1/s1. The molecule has 1 aromatic carbocycles. The van der Waals surface area contributed by atoms with Crippen molar-refractivity contribution in [1.82, 2.24) is 5.32 Å². The minimum Gasteiger partial charge on any atom is -0.308 e. The Balaban J connectivity index is 1.68. The van der Waals surface area contributed by atoms with Crippen molar-refractivity contribution in [3.8, 4) is 0 Å². The van der Waals surface area contributed by atoms with Crippen molar-refractivity contribution in [3.05, 3.63) is 39.9 Å². The van der Waals surface area contributed by atoms with Gasteiger partial charge in [-0.1, -0.05) is 28.8 Å². The molecule has 0 unspecified atom stereocenters. The Bertz CT molecular complexity index is 810. The summed E-state index contributed by atoms with van der Waals surface area (Å²) in [6.45, 7) is 3.85. The quantitative estimate of drug-likeness (QED) is 0.792. The van der Waals surface area contributed by atoms with Crippen LogP contribution in [0, 0.1) is 5.92 Å². The van der Waals surface area contributed by atoms with Crippen molar-refractivity contribution in [2.24, 2.45) is 21.1 Å². The molecule has 0 spiro atoms. The Hall–Kier alpha value is -2.18. The van der Waals surface area contributed by atoms with Gasteiger partial charge in [-0.2, -0.15) is 0 Å². The Kier molecular flexibility index (Phi) is 4.19. The lowest BCUT2D eigenvalue weighted by Gasteiger charge is -2.18.